The van der Waals surface area contributed by atoms with Gasteiger partial charge in [-0.1, -0.05) is 78.9 Å². The molecule has 5 nitrogen and oxygen atoms in total. The van der Waals surface area contributed by atoms with Gasteiger partial charge >= 0.3 is 0 Å². The van der Waals surface area contributed by atoms with Gasteiger partial charge in [0.2, 0.25) is 5.91 Å². The van der Waals surface area contributed by atoms with Crippen molar-refractivity contribution < 1.29 is 9.59 Å². The Bertz CT molecular complexity index is 1040. The van der Waals surface area contributed by atoms with Crippen LogP contribution in [-0.2, 0) is 11.3 Å². The van der Waals surface area contributed by atoms with E-state index in [1.807, 2.05) is 48.5 Å². The SMILES string of the molecule is O=C(N[C@@H](CCCCN[C@H]1C[C@@H]1c1ccccc1)C(=O)NCc1ccccc1)c1ccccc1. The van der Waals surface area contributed by atoms with Crippen molar-refractivity contribution in [2.24, 2.45) is 0 Å². The summed E-state index contributed by atoms with van der Waals surface area (Å²) >= 11 is 0. The largest absolute Gasteiger partial charge is 0.350 e. The summed E-state index contributed by atoms with van der Waals surface area (Å²) in [7, 11) is 0. The van der Waals surface area contributed by atoms with Crippen molar-refractivity contribution in [3.05, 3.63) is 108 Å². The number of hydrogen-bond donors (Lipinski definition) is 3. The van der Waals surface area contributed by atoms with E-state index in [1.165, 1.54) is 12.0 Å². The number of rotatable bonds is 12. The molecular formula is C29H33N3O2. The molecule has 176 valence electrons. The molecule has 34 heavy (non-hydrogen) atoms. The Morgan fingerprint density at radius 2 is 1.47 bits per heavy atom. The maximum Gasteiger partial charge on any atom is 0.251 e. The molecule has 5 heteroatoms. The van der Waals surface area contributed by atoms with Crippen LogP contribution in [0.4, 0.5) is 0 Å². The predicted octanol–water partition coefficient (Wildman–Crippen LogP) is 4.42. The fourth-order valence-electron chi connectivity index (χ4n) is 4.26. The summed E-state index contributed by atoms with van der Waals surface area (Å²) in [6.45, 7) is 1.36. The lowest BCUT2D eigenvalue weighted by molar-refractivity contribution is -0.123. The summed E-state index contributed by atoms with van der Waals surface area (Å²) < 4.78 is 0. The van der Waals surface area contributed by atoms with Crippen molar-refractivity contribution in [1.29, 1.82) is 0 Å². The van der Waals surface area contributed by atoms with Gasteiger partial charge in [0, 0.05) is 24.1 Å². The van der Waals surface area contributed by atoms with Gasteiger partial charge in [0.05, 0.1) is 0 Å². The molecule has 0 unspecified atom stereocenters. The summed E-state index contributed by atoms with van der Waals surface area (Å²) in [6.07, 6.45) is 3.60. The monoisotopic (exact) mass is 455 g/mol. The summed E-state index contributed by atoms with van der Waals surface area (Å²) in [5.41, 5.74) is 3.00. The molecular weight excluding hydrogens is 422 g/mol. The Labute approximate surface area is 202 Å². The van der Waals surface area contributed by atoms with Crippen molar-refractivity contribution in [2.45, 2.75) is 50.2 Å². The van der Waals surface area contributed by atoms with E-state index in [2.05, 4.69) is 46.3 Å². The van der Waals surface area contributed by atoms with E-state index in [4.69, 9.17) is 0 Å². The van der Waals surface area contributed by atoms with Gasteiger partial charge in [-0.3, -0.25) is 9.59 Å². The molecule has 0 bridgehead atoms. The van der Waals surface area contributed by atoms with Gasteiger partial charge in [-0.25, -0.2) is 0 Å². The Hall–Kier alpha value is -3.44. The molecule has 0 spiro atoms. The molecule has 3 aromatic rings. The summed E-state index contributed by atoms with van der Waals surface area (Å²) in [4.78, 5) is 25.6. The molecule has 1 aliphatic carbocycles. The van der Waals surface area contributed by atoms with Gasteiger partial charge in [-0.2, -0.15) is 0 Å². The lowest BCUT2D eigenvalue weighted by atomic mass is 10.1. The third kappa shape index (κ3) is 7.03. The highest BCUT2D eigenvalue weighted by atomic mass is 16.2. The first-order valence-corrected chi connectivity index (χ1v) is 12.2. The van der Waals surface area contributed by atoms with E-state index in [0.29, 0.717) is 30.5 Å². The number of unbranched alkanes of at least 4 members (excludes halogenated alkanes) is 1. The first-order chi connectivity index (χ1) is 16.7. The minimum atomic E-state index is -0.561. The van der Waals surface area contributed by atoms with Gasteiger partial charge < -0.3 is 16.0 Å². The molecule has 2 amide bonds. The first kappa shape index (κ1) is 23.7. The molecule has 3 atom stereocenters. The Kier molecular flexibility index (Phi) is 8.47. The van der Waals surface area contributed by atoms with Gasteiger partial charge in [0.25, 0.3) is 5.91 Å². The maximum atomic E-state index is 12.9. The van der Waals surface area contributed by atoms with Crippen LogP contribution in [0, 0.1) is 0 Å². The number of carbonyl (C=O) groups excluding carboxylic acids is 2. The molecule has 3 aromatic carbocycles. The van der Waals surface area contributed by atoms with Crippen LogP contribution in [0.2, 0.25) is 0 Å². The fraction of sp³-hybridized carbons (Fsp3) is 0.310. The van der Waals surface area contributed by atoms with Crippen molar-refractivity contribution in [1.82, 2.24) is 16.0 Å². The highest BCUT2D eigenvalue weighted by molar-refractivity contribution is 5.97. The number of hydrogen-bond acceptors (Lipinski definition) is 3. The molecule has 4 rings (SSSR count). The van der Waals surface area contributed by atoms with E-state index in [1.54, 1.807) is 12.1 Å². The van der Waals surface area contributed by atoms with Crippen LogP contribution in [0.15, 0.2) is 91.0 Å². The molecule has 0 radical (unpaired) electrons. The van der Waals surface area contributed by atoms with Gasteiger partial charge in [0.1, 0.15) is 6.04 Å². The zero-order chi connectivity index (χ0) is 23.6. The number of benzene rings is 3. The van der Waals surface area contributed by atoms with Crippen LogP contribution in [0.5, 0.6) is 0 Å². The van der Waals surface area contributed by atoms with Gasteiger partial charge in [-0.15, -0.1) is 0 Å². The van der Waals surface area contributed by atoms with Crippen molar-refractivity contribution in [3.8, 4) is 0 Å². The van der Waals surface area contributed by atoms with Crippen LogP contribution in [0.1, 0.15) is 53.1 Å². The van der Waals surface area contributed by atoms with Crippen LogP contribution in [0.25, 0.3) is 0 Å². The van der Waals surface area contributed by atoms with Crippen molar-refractivity contribution in [3.63, 3.8) is 0 Å². The normalized spacial score (nSPS) is 17.5. The van der Waals surface area contributed by atoms with Crippen molar-refractivity contribution in [2.75, 3.05) is 6.54 Å². The average Bonchev–Trinajstić information content (AvgIpc) is 3.67. The smallest absolute Gasteiger partial charge is 0.251 e. The van der Waals surface area contributed by atoms with E-state index in [-0.39, 0.29) is 11.8 Å². The Morgan fingerprint density at radius 3 is 2.18 bits per heavy atom. The second-order valence-corrected chi connectivity index (χ2v) is 8.90. The van der Waals surface area contributed by atoms with E-state index in [9.17, 15) is 9.59 Å². The molecule has 1 saturated carbocycles. The molecule has 0 saturated heterocycles. The average molecular weight is 456 g/mol. The predicted molar refractivity (Wildman–Crippen MR) is 135 cm³/mol. The molecule has 3 N–H and O–H groups in total. The zero-order valence-electron chi connectivity index (χ0n) is 19.5. The first-order valence-electron chi connectivity index (χ1n) is 12.2. The van der Waals surface area contributed by atoms with Gasteiger partial charge in [0.15, 0.2) is 0 Å². The second-order valence-electron chi connectivity index (χ2n) is 8.90. The molecule has 0 heterocycles. The minimum Gasteiger partial charge on any atom is -0.350 e. The minimum absolute atomic E-state index is 0.146. The molecule has 1 fully saturated rings. The molecule has 1 aliphatic rings. The number of carbonyl (C=O) groups is 2. The Morgan fingerprint density at radius 1 is 0.824 bits per heavy atom. The maximum absolute atomic E-state index is 12.9. The topological polar surface area (TPSA) is 70.2 Å². The number of nitrogens with one attached hydrogen (secondary N) is 3. The third-order valence-corrected chi connectivity index (χ3v) is 6.31. The fourth-order valence-corrected chi connectivity index (χ4v) is 4.26. The second kappa shape index (κ2) is 12.1. The van der Waals surface area contributed by atoms with Crippen LogP contribution < -0.4 is 16.0 Å². The van der Waals surface area contributed by atoms with Crippen LogP contribution in [-0.4, -0.2) is 30.4 Å². The van der Waals surface area contributed by atoms with E-state index >= 15 is 0 Å². The zero-order valence-corrected chi connectivity index (χ0v) is 19.5. The number of amides is 2. The van der Waals surface area contributed by atoms with Gasteiger partial charge in [-0.05, 0) is 55.5 Å². The van der Waals surface area contributed by atoms with Crippen molar-refractivity contribution >= 4 is 11.8 Å². The summed E-state index contributed by atoms with van der Waals surface area (Å²) in [5.74, 6) is 0.248. The highest BCUT2D eigenvalue weighted by Gasteiger charge is 2.37. The van der Waals surface area contributed by atoms with Crippen LogP contribution in [0.3, 0.4) is 0 Å². The lowest BCUT2D eigenvalue weighted by Crippen LogP contribution is -2.46. The summed E-state index contributed by atoms with van der Waals surface area (Å²) in [5, 5.41) is 9.55. The molecule has 0 aromatic heterocycles. The highest BCUT2D eigenvalue weighted by Crippen LogP contribution is 2.40. The molecule has 0 aliphatic heterocycles. The lowest BCUT2D eigenvalue weighted by Gasteiger charge is -2.19. The Balaban J connectivity index is 1.24. The van der Waals surface area contributed by atoms with E-state index in [0.717, 1.165) is 24.9 Å². The quantitative estimate of drug-likeness (QED) is 0.354. The standard InChI is InChI=1S/C29H33N3O2/c33-28(24-16-8-3-9-17-24)32-26(29(34)31-21-22-12-4-1-5-13-22)18-10-11-19-30-27-20-25(27)23-14-6-2-7-15-23/h1-9,12-17,25-27,30H,10-11,18-21H2,(H,31,34)(H,32,33)/t25-,26+,27+/m1/s1. The third-order valence-electron chi connectivity index (χ3n) is 6.31. The van der Waals surface area contributed by atoms with E-state index < -0.39 is 6.04 Å². The summed E-state index contributed by atoms with van der Waals surface area (Å²) in [6, 6.07) is 29.5. The van der Waals surface area contributed by atoms with Crippen LogP contribution >= 0.6 is 0 Å².